The summed E-state index contributed by atoms with van der Waals surface area (Å²) in [5.41, 5.74) is 0.00127. The maximum absolute atomic E-state index is 12.0. The summed E-state index contributed by atoms with van der Waals surface area (Å²) in [4.78, 5) is 23.5. The maximum atomic E-state index is 12.0. The Morgan fingerprint density at radius 3 is 2.36 bits per heavy atom. The SMILES string of the molecule is COC(=O)C[C@@]1(C(=O)OC)O[C@H]1CCCCCCCCc1ccc(Cl)cc1Cl. The van der Waals surface area contributed by atoms with Gasteiger partial charge in [-0.1, -0.05) is 61.4 Å². The monoisotopic (exact) mass is 430 g/mol. The lowest BCUT2D eigenvalue weighted by Crippen LogP contribution is -2.32. The third-order valence-electron chi connectivity index (χ3n) is 5.16. The maximum Gasteiger partial charge on any atom is 0.341 e. The van der Waals surface area contributed by atoms with Crippen LogP contribution in [0.25, 0.3) is 0 Å². The van der Waals surface area contributed by atoms with E-state index in [0.717, 1.165) is 62.0 Å². The van der Waals surface area contributed by atoms with Gasteiger partial charge in [0.05, 0.1) is 26.7 Å². The minimum Gasteiger partial charge on any atom is -0.469 e. The molecule has 5 nitrogen and oxygen atoms in total. The number of methoxy groups -OCH3 is 2. The molecule has 0 bridgehead atoms. The van der Waals surface area contributed by atoms with Crippen LogP contribution in [0.3, 0.4) is 0 Å². The summed E-state index contributed by atoms with van der Waals surface area (Å²) in [6, 6.07) is 5.65. The highest BCUT2D eigenvalue weighted by molar-refractivity contribution is 6.35. The van der Waals surface area contributed by atoms with E-state index in [1.54, 1.807) is 6.07 Å². The molecule has 0 aromatic heterocycles. The van der Waals surface area contributed by atoms with Gasteiger partial charge in [-0.05, 0) is 37.0 Å². The number of halogens is 2. The topological polar surface area (TPSA) is 65.1 Å². The van der Waals surface area contributed by atoms with Gasteiger partial charge in [-0.3, -0.25) is 4.79 Å². The fourth-order valence-electron chi connectivity index (χ4n) is 3.46. The number of esters is 2. The number of rotatable bonds is 12. The van der Waals surface area contributed by atoms with E-state index < -0.39 is 17.5 Å². The smallest absolute Gasteiger partial charge is 0.341 e. The van der Waals surface area contributed by atoms with E-state index in [1.807, 2.05) is 12.1 Å². The predicted octanol–water partition coefficient (Wildman–Crippen LogP) is 5.14. The summed E-state index contributed by atoms with van der Waals surface area (Å²) >= 11 is 12.1. The third kappa shape index (κ3) is 6.36. The van der Waals surface area contributed by atoms with Crippen LogP contribution < -0.4 is 0 Å². The van der Waals surface area contributed by atoms with Crippen LogP contribution in [0.15, 0.2) is 18.2 Å². The van der Waals surface area contributed by atoms with Crippen molar-refractivity contribution in [2.24, 2.45) is 0 Å². The van der Waals surface area contributed by atoms with Crippen molar-refractivity contribution in [2.45, 2.75) is 69.5 Å². The molecule has 0 spiro atoms. The minimum atomic E-state index is -1.14. The van der Waals surface area contributed by atoms with Crippen molar-refractivity contribution in [1.82, 2.24) is 0 Å². The van der Waals surface area contributed by atoms with Crippen LogP contribution in [0.4, 0.5) is 0 Å². The Hall–Kier alpha value is -1.30. The molecule has 1 aromatic rings. The second-order valence-electron chi connectivity index (χ2n) is 7.14. The molecule has 1 fully saturated rings. The van der Waals surface area contributed by atoms with Gasteiger partial charge in [-0.25, -0.2) is 4.79 Å². The fraction of sp³-hybridized carbons (Fsp3) is 0.619. The van der Waals surface area contributed by atoms with Crippen LogP contribution in [-0.4, -0.2) is 37.9 Å². The lowest BCUT2D eigenvalue weighted by Gasteiger charge is -2.09. The highest BCUT2D eigenvalue weighted by Gasteiger charge is 2.64. The molecule has 7 heteroatoms. The van der Waals surface area contributed by atoms with E-state index in [1.165, 1.54) is 14.2 Å². The Morgan fingerprint density at radius 2 is 1.71 bits per heavy atom. The fourth-order valence-corrected chi connectivity index (χ4v) is 3.96. The van der Waals surface area contributed by atoms with Crippen molar-refractivity contribution in [3.63, 3.8) is 0 Å². The lowest BCUT2D eigenvalue weighted by molar-refractivity contribution is -0.153. The summed E-state index contributed by atoms with van der Waals surface area (Å²) < 4.78 is 15.0. The van der Waals surface area contributed by atoms with Gasteiger partial charge in [-0.15, -0.1) is 0 Å². The number of hydrogen-bond acceptors (Lipinski definition) is 5. The van der Waals surface area contributed by atoms with Crippen molar-refractivity contribution in [1.29, 1.82) is 0 Å². The zero-order valence-corrected chi connectivity index (χ0v) is 18.0. The Morgan fingerprint density at radius 1 is 1.04 bits per heavy atom. The average molecular weight is 431 g/mol. The van der Waals surface area contributed by atoms with Gasteiger partial charge >= 0.3 is 11.9 Å². The summed E-state index contributed by atoms with van der Waals surface area (Å²) in [5, 5.41) is 1.40. The van der Waals surface area contributed by atoms with Crippen molar-refractivity contribution >= 4 is 35.1 Å². The molecule has 0 aliphatic carbocycles. The molecule has 0 amide bonds. The molecule has 1 aliphatic heterocycles. The zero-order valence-electron chi connectivity index (χ0n) is 16.5. The molecule has 1 aliphatic rings. The number of benzene rings is 1. The Balaban J connectivity index is 1.58. The molecule has 28 heavy (non-hydrogen) atoms. The van der Waals surface area contributed by atoms with E-state index in [2.05, 4.69) is 4.74 Å². The quantitative estimate of drug-likeness (QED) is 0.261. The largest absolute Gasteiger partial charge is 0.469 e. The number of hydrogen-bond donors (Lipinski definition) is 0. The Kier molecular flexibility index (Phi) is 9.06. The average Bonchev–Trinajstić information content (AvgIpc) is 3.38. The molecule has 0 N–H and O–H groups in total. The van der Waals surface area contributed by atoms with E-state index in [0.29, 0.717) is 5.02 Å². The van der Waals surface area contributed by atoms with E-state index in [9.17, 15) is 9.59 Å². The number of carbonyl (C=O) groups is 2. The number of unbranched alkanes of at least 4 members (excludes halogenated alkanes) is 5. The molecule has 2 rings (SSSR count). The Labute approximate surface area is 176 Å². The zero-order chi connectivity index (χ0) is 20.6. The first-order valence-corrected chi connectivity index (χ1v) is 10.5. The summed E-state index contributed by atoms with van der Waals surface area (Å²) in [6.07, 6.45) is 7.90. The van der Waals surface area contributed by atoms with Crippen molar-refractivity contribution in [2.75, 3.05) is 14.2 Å². The Bertz CT molecular complexity index is 679. The van der Waals surface area contributed by atoms with Crippen molar-refractivity contribution in [3.05, 3.63) is 33.8 Å². The summed E-state index contributed by atoms with van der Waals surface area (Å²) in [6.45, 7) is 0. The molecule has 0 saturated carbocycles. The molecule has 0 radical (unpaired) electrons. The highest BCUT2D eigenvalue weighted by Crippen LogP contribution is 2.44. The van der Waals surface area contributed by atoms with Gasteiger partial charge in [0.25, 0.3) is 0 Å². The van der Waals surface area contributed by atoms with Crippen LogP contribution in [0, 0.1) is 0 Å². The molecule has 1 saturated heterocycles. The number of ether oxygens (including phenoxy) is 3. The van der Waals surface area contributed by atoms with Crippen molar-refractivity contribution < 1.29 is 23.8 Å². The first-order valence-electron chi connectivity index (χ1n) is 9.70. The molecular formula is C21H28Cl2O5. The second-order valence-corrected chi connectivity index (χ2v) is 7.98. The summed E-state index contributed by atoms with van der Waals surface area (Å²) in [7, 11) is 2.60. The third-order valence-corrected chi connectivity index (χ3v) is 5.75. The van der Waals surface area contributed by atoms with Gasteiger partial charge in [0.15, 0.2) is 0 Å². The highest BCUT2D eigenvalue weighted by atomic mass is 35.5. The standard InChI is InChI=1S/C21H28Cl2O5/c1-26-19(24)14-21(20(25)27-2)18(28-21)10-8-6-4-3-5-7-9-15-11-12-16(22)13-17(15)23/h11-13,18H,3-10,14H2,1-2H3/t18-,21+/m0/s1. The molecule has 2 atom stereocenters. The van der Waals surface area contributed by atoms with Crippen LogP contribution in [0.2, 0.25) is 10.0 Å². The summed E-state index contributed by atoms with van der Waals surface area (Å²) in [5.74, 6) is -0.961. The molecule has 1 heterocycles. The number of carbonyl (C=O) groups excluding carboxylic acids is 2. The molecule has 1 aromatic carbocycles. The van der Waals surface area contributed by atoms with Gasteiger partial charge < -0.3 is 14.2 Å². The lowest BCUT2D eigenvalue weighted by atomic mass is 9.97. The van der Waals surface area contributed by atoms with Gasteiger partial charge in [0.2, 0.25) is 5.60 Å². The minimum absolute atomic E-state index is 0.0892. The van der Waals surface area contributed by atoms with Gasteiger partial charge in [0, 0.05) is 10.0 Å². The first-order chi connectivity index (χ1) is 13.4. The molecule has 0 unspecified atom stereocenters. The van der Waals surface area contributed by atoms with E-state index >= 15 is 0 Å². The van der Waals surface area contributed by atoms with Gasteiger partial charge in [0.1, 0.15) is 0 Å². The van der Waals surface area contributed by atoms with E-state index in [4.69, 9.17) is 32.7 Å². The van der Waals surface area contributed by atoms with Crippen molar-refractivity contribution in [3.8, 4) is 0 Å². The van der Waals surface area contributed by atoms with Crippen LogP contribution in [0.1, 0.15) is 56.9 Å². The molecular weight excluding hydrogens is 403 g/mol. The second kappa shape index (κ2) is 11.0. The number of epoxide rings is 1. The van der Waals surface area contributed by atoms with Crippen LogP contribution in [-0.2, 0) is 30.2 Å². The van der Waals surface area contributed by atoms with E-state index in [-0.39, 0.29) is 12.5 Å². The van der Waals surface area contributed by atoms with Crippen LogP contribution in [0.5, 0.6) is 0 Å². The normalized spacial score (nSPS) is 20.6. The van der Waals surface area contributed by atoms with Gasteiger partial charge in [-0.2, -0.15) is 0 Å². The van der Waals surface area contributed by atoms with Crippen LogP contribution >= 0.6 is 23.2 Å². The first kappa shape index (κ1) is 23.0. The predicted molar refractivity (Wildman–Crippen MR) is 109 cm³/mol. The molecule has 156 valence electrons. The number of aryl methyl sites for hydroxylation is 1.